The summed E-state index contributed by atoms with van der Waals surface area (Å²) in [5.74, 6) is -0.909. The average Bonchev–Trinajstić information content (AvgIpc) is 3.43. The van der Waals surface area contributed by atoms with Gasteiger partial charge in [-0.3, -0.25) is 9.59 Å². The highest BCUT2D eigenvalue weighted by atomic mass is 35.5. The number of thiazole rings is 1. The molecule has 3 heterocycles. The first-order valence-corrected chi connectivity index (χ1v) is 16.5. The fourth-order valence-corrected chi connectivity index (χ4v) is 8.08. The Balaban J connectivity index is 1.28. The van der Waals surface area contributed by atoms with E-state index in [1.165, 1.54) is 32.7 Å². The van der Waals surface area contributed by atoms with Crippen LogP contribution in [0.5, 0.6) is 5.75 Å². The van der Waals surface area contributed by atoms with Crippen molar-refractivity contribution >= 4 is 55.5 Å². The summed E-state index contributed by atoms with van der Waals surface area (Å²) in [7, 11) is -4.00. The molecule has 0 spiro atoms. The molecule has 0 saturated carbocycles. The monoisotopic (exact) mass is 639 g/mol. The minimum atomic E-state index is -4.00. The van der Waals surface area contributed by atoms with Crippen molar-refractivity contribution in [3.8, 4) is 5.75 Å². The zero-order valence-corrected chi connectivity index (χ0v) is 25.7. The summed E-state index contributed by atoms with van der Waals surface area (Å²) < 4.78 is 28.9. The number of sulfonamides is 1. The van der Waals surface area contributed by atoms with Crippen LogP contribution in [0.25, 0.3) is 10.8 Å². The van der Waals surface area contributed by atoms with Crippen LogP contribution in [0.1, 0.15) is 32.9 Å². The van der Waals surface area contributed by atoms with Crippen LogP contribution < -0.4 is 10.6 Å². The lowest BCUT2D eigenvalue weighted by Gasteiger charge is -2.39. The number of phenols is 1. The van der Waals surface area contributed by atoms with Gasteiger partial charge in [0.2, 0.25) is 15.9 Å². The number of rotatable bonds is 6. The van der Waals surface area contributed by atoms with Crippen molar-refractivity contribution < 1.29 is 23.1 Å². The minimum Gasteiger partial charge on any atom is -0.508 e. The largest absolute Gasteiger partial charge is 0.508 e. The Hall–Kier alpha value is -3.55. The third-order valence-corrected chi connectivity index (χ3v) is 11.0. The number of hydrogen-bond acceptors (Lipinski definition) is 8. The Bertz CT molecular complexity index is 1830. The van der Waals surface area contributed by atoms with Crippen molar-refractivity contribution in [1.29, 1.82) is 0 Å². The van der Waals surface area contributed by atoms with Crippen LogP contribution >= 0.6 is 22.9 Å². The second-order valence-electron chi connectivity index (χ2n) is 10.8. The zero-order chi connectivity index (χ0) is 30.3. The van der Waals surface area contributed by atoms with Crippen LogP contribution in [0.15, 0.2) is 65.6 Å². The second-order valence-corrected chi connectivity index (χ2v) is 14.2. The van der Waals surface area contributed by atoms with E-state index in [0.29, 0.717) is 28.9 Å². The number of benzene rings is 3. The van der Waals surface area contributed by atoms with Crippen LogP contribution in [-0.4, -0.2) is 71.2 Å². The molecule has 3 N–H and O–H groups in total. The first-order valence-electron chi connectivity index (χ1n) is 13.9. The predicted molar refractivity (Wildman–Crippen MR) is 165 cm³/mol. The molecule has 0 aliphatic carbocycles. The minimum absolute atomic E-state index is 0.00876. The highest BCUT2D eigenvalue weighted by Crippen LogP contribution is 2.29. The lowest BCUT2D eigenvalue weighted by molar-refractivity contribution is -0.127. The third-order valence-electron chi connectivity index (χ3n) is 7.83. The standard InChI is InChI=1S/C30H30ClN5O5S2/c1-18-12-24-27(16-32-18)42-29(34-24)30(39)36-11-10-35(17-25(36)28(38)33-15-21-4-2-3-5-26(21)37)43(40,41)23-9-7-19-13-22(31)8-6-20(19)14-23/h2-9,13-14,18,25,32,37H,10-12,15-17H2,1H3,(H,33,38). The number of nitrogens with zero attached hydrogens (tertiary/aromatic N) is 3. The molecule has 1 fully saturated rings. The van der Waals surface area contributed by atoms with Crippen LogP contribution in [0.4, 0.5) is 0 Å². The Kier molecular flexibility index (Phi) is 8.14. The van der Waals surface area contributed by atoms with Gasteiger partial charge < -0.3 is 20.6 Å². The first-order chi connectivity index (χ1) is 20.6. The summed E-state index contributed by atoms with van der Waals surface area (Å²) in [4.78, 5) is 34.5. The number of nitrogens with one attached hydrogen (secondary N) is 2. The molecule has 6 rings (SSSR count). The number of carbonyl (C=O) groups excluding carboxylic acids is 2. The highest BCUT2D eigenvalue weighted by Gasteiger charge is 2.41. The number of piperazine rings is 1. The van der Waals surface area contributed by atoms with Gasteiger partial charge in [0, 0.05) is 60.6 Å². The summed E-state index contributed by atoms with van der Waals surface area (Å²) in [6, 6.07) is 15.8. The normalized spacial score (nSPS) is 19.3. The number of fused-ring (bicyclic) bond motifs is 2. The maximum absolute atomic E-state index is 13.8. The van der Waals surface area contributed by atoms with Gasteiger partial charge in [0.25, 0.3) is 5.91 Å². The smallest absolute Gasteiger partial charge is 0.283 e. The SMILES string of the molecule is CC1Cc2nc(C(=O)N3CCN(S(=O)(=O)c4ccc5cc(Cl)ccc5c4)CC3C(=O)NCc3ccccc3O)sc2CN1. The summed E-state index contributed by atoms with van der Waals surface area (Å²) in [5, 5.41) is 18.7. The summed E-state index contributed by atoms with van der Waals surface area (Å²) in [6.45, 7) is 2.48. The van der Waals surface area contributed by atoms with Crippen molar-refractivity contribution in [1.82, 2.24) is 24.8 Å². The lowest BCUT2D eigenvalue weighted by atomic mass is 10.1. The van der Waals surface area contributed by atoms with Gasteiger partial charge in [-0.25, -0.2) is 13.4 Å². The van der Waals surface area contributed by atoms with E-state index < -0.39 is 27.9 Å². The van der Waals surface area contributed by atoms with E-state index in [1.807, 2.05) is 0 Å². The van der Waals surface area contributed by atoms with E-state index in [1.54, 1.807) is 48.5 Å². The van der Waals surface area contributed by atoms with Crippen LogP contribution in [0.2, 0.25) is 5.02 Å². The first kappa shape index (κ1) is 29.5. The molecule has 2 amide bonds. The number of para-hydroxylation sites is 1. The molecule has 10 nitrogen and oxygen atoms in total. The average molecular weight is 640 g/mol. The molecular formula is C30H30ClN5O5S2. The lowest BCUT2D eigenvalue weighted by Crippen LogP contribution is -2.61. The molecule has 1 saturated heterocycles. The Morgan fingerprint density at radius 3 is 2.70 bits per heavy atom. The van der Waals surface area contributed by atoms with Gasteiger partial charge in [-0.05, 0) is 48.0 Å². The molecule has 13 heteroatoms. The van der Waals surface area contributed by atoms with E-state index in [9.17, 15) is 23.1 Å². The maximum Gasteiger partial charge on any atom is 0.283 e. The summed E-state index contributed by atoms with van der Waals surface area (Å²) in [6.07, 6.45) is 0.702. The quantitative estimate of drug-likeness (QED) is 0.294. The van der Waals surface area contributed by atoms with Crippen LogP contribution in [0.3, 0.4) is 0 Å². The van der Waals surface area contributed by atoms with Crippen molar-refractivity contribution in [2.24, 2.45) is 0 Å². The molecular weight excluding hydrogens is 610 g/mol. The van der Waals surface area contributed by atoms with Gasteiger partial charge in [-0.2, -0.15) is 4.31 Å². The molecule has 2 aliphatic rings. The molecule has 0 bridgehead atoms. The number of carbonyl (C=O) groups is 2. The third kappa shape index (κ3) is 5.98. The maximum atomic E-state index is 13.8. The van der Waals surface area contributed by atoms with Gasteiger partial charge in [0.1, 0.15) is 11.8 Å². The van der Waals surface area contributed by atoms with Gasteiger partial charge >= 0.3 is 0 Å². The van der Waals surface area contributed by atoms with Crippen molar-refractivity contribution in [3.63, 3.8) is 0 Å². The fourth-order valence-electron chi connectivity index (χ4n) is 5.43. The topological polar surface area (TPSA) is 132 Å². The van der Waals surface area contributed by atoms with E-state index in [2.05, 4.69) is 22.5 Å². The van der Waals surface area contributed by atoms with Gasteiger partial charge in [0.15, 0.2) is 5.01 Å². The van der Waals surface area contributed by atoms with Crippen molar-refractivity contribution in [2.45, 2.75) is 43.4 Å². The molecule has 1 aromatic heterocycles. The number of phenolic OH excluding ortho intramolecular Hbond substituents is 1. The number of halogens is 1. The van der Waals surface area contributed by atoms with Crippen LogP contribution in [-0.2, 0) is 34.3 Å². The molecule has 2 unspecified atom stereocenters. The summed E-state index contributed by atoms with van der Waals surface area (Å²) >= 11 is 7.39. The predicted octanol–water partition coefficient (Wildman–Crippen LogP) is 3.52. The zero-order valence-electron chi connectivity index (χ0n) is 23.3. The van der Waals surface area contributed by atoms with Crippen LogP contribution in [0, 0.1) is 0 Å². The molecule has 4 aromatic rings. The number of amides is 2. The molecule has 224 valence electrons. The summed E-state index contributed by atoms with van der Waals surface area (Å²) in [5.41, 5.74) is 1.37. The number of aromatic nitrogens is 1. The molecule has 2 aliphatic heterocycles. The molecule has 0 radical (unpaired) electrons. The Morgan fingerprint density at radius 1 is 1.12 bits per heavy atom. The Labute approximate surface area is 258 Å². The van der Waals surface area contributed by atoms with E-state index in [4.69, 9.17) is 11.6 Å². The second kappa shape index (κ2) is 11.9. The van der Waals surface area contributed by atoms with Gasteiger partial charge in [-0.15, -0.1) is 11.3 Å². The van der Waals surface area contributed by atoms with E-state index in [-0.39, 0.29) is 47.9 Å². The van der Waals surface area contributed by atoms with Gasteiger partial charge in [-0.1, -0.05) is 41.9 Å². The Morgan fingerprint density at radius 2 is 1.88 bits per heavy atom. The van der Waals surface area contributed by atoms with E-state index in [0.717, 1.165) is 16.0 Å². The van der Waals surface area contributed by atoms with E-state index >= 15 is 0 Å². The fraction of sp³-hybridized carbons (Fsp3) is 0.300. The van der Waals surface area contributed by atoms with Crippen molar-refractivity contribution in [2.75, 3.05) is 19.6 Å². The highest BCUT2D eigenvalue weighted by molar-refractivity contribution is 7.89. The molecule has 43 heavy (non-hydrogen) atoms. The number of aromatic hydroxyl groups is 1. The number of hydrogen-bond donors (Lipinski definition) is 3. The molecule has 2 atom stereocenters. The van der Waals surface area contributed by atoms with Gasteiger partial charge in [0.05, 0.1) is 10.6 Å². The molecule has 3 aromatic carbocycles. The van der Waals surface area contributed by atoms with Crippen molar-refractivity contribution in [3.05, 3.63) is 86.8 Å².